The smallest absolute Gasteiger partial charge is 0.224 e. The van der Waals surface area contributed by atoms with E-state index in [1.165, 1.54) is 12.8 Å². The van der Waals surface area contributed by atoms with Gasteiger partial charge in [0.15, 0.2) is 5.13 Å². The van der Waals surface area contributed by atoms with Gasteiger partial charge < -0.3 is 20.3 Å². The van der Waals surface area contributed by atoms with Crippen molar-refractivity contribution in [2.75, 3.05) is 36.5 Å². The maximum atomic E-state index is 12.5. The van der Waals surface area contributed by atoms with E-state index in [0.717, 1.165) is 60.2 Å². The molecule has 3 aliphatic heterocycles. The lowest BCUT2D eigenvalue weighted by Crippen LogP contribution is -2.39. The second-order valence-corrected chi connectivity index (χ2v) is 9.02. The predicted octanol–water partition coefficient (Wildman–Crippen LogP) is 3.84. The molecule has 0 aliphatic carbocycles. The number of piperidine rings is 1. The lowest BCUT2D eigenvalue weighted by atomic mass is 9.89. The molecule has 2 bridgehead atoms. The van der Waals surface area contributed by atoms with Gasteiger partial charge in [-0.2, -0.15) is 0 Å². The molecule has 6 nitrogen and oxygen atoms in total. The van der Waals surface area contributed by atoms with E-state index in [9.17, 15) is 4.79 Å². The average Bonchev–Trinajstić information content (AvgIpc) is 3.25. The predicted molar refractivity (Wildman–Crippen MR) is 123 cm³/mol. The third-order valence-corrected chi connectivity index (χ3v) is 7.07. The fraction of sp³-hybridized carbons (Fsp3) is 0.600. The summed E-state index contributed by atoms with van der Waals surface area (Å²) in [7, 11) is 0. The van der Waals surface area contributed by atoms with E-state index in [0.29, 0.717) is 24.4 Å². The zero-order chi connectivity index (χ0) is 18.2. The molecule has 1 aromatic heterocycles. The molecule has 160 valence electrons. The number of nitrogens with one attached hydrogen (secondary N) is 2. The standard InChI is InChI=1S/C20H26N4O2S.2ClH/c25-19(11-13-9-14-1-2-15(10-13)21-14)22-16-3-4-17-18(12-16)27-20(23-17)24-5-7-26-8-6-24;;/h3-4,12-15,21H,1-2,5-11H2,(H,22,25);2*1H. The van der Waals surface area contributed by atoms with Crippen molar-refractivity contribution in [1.82, 2.24) is 10.3 Å². The highest BCUT2D eigenvalue weighted by Gasteiger charge is 2.34. The Morgan fingerprint density at radius 1 is 1.21 bits per heavy atom. The fourth-order valence-corrected chi connectivity index (χ4v) is 5.75. The van der Waals surface area contributed by atoms with E-state index < -0.39 is 0 Å². The van der Waals surface area contributed by atoms with Gasteiger partial charge >= 0.3 is 0 Å². The molecule has 9 heteroatoms. The molecule has 0 radical (unpaired) electrons. The summed E-state index contributed by atoms with van der Waals surface area (Å²) >= 11 is 1.69. The number of hydrogen-bond acceptors (Lipinski definition) is 6. The second kappa shape index (κ2) is 9.79. The van der Waals surface area contributed by atoms with Gasteiger partial charge in [0.05, 0.1) is 23.4 Å². The largest absolute Gasteiger partial charge is 0.378 e. The summed E-state index contributed by atoms with van der Waals surface area (Å²) in [6.45, 7) is 3.30. The minimum absolute atomic E-state index is 0. The summed E-state index contributed by atoms with van der Waals surface area (Å²) in [5, 5.41) is 7.79. The number of anilines is 2. The third-order valence-electron chi connectivity index (χ3n) is 5.99. The van der Waals surface area contributed by atoms with Crippen LogP contribution in [-0.2, 0) is 9.53 Å². The van der Waals surface area contributed by atoms with E-state index in [2.05, 4.69) is 21.6 Å². The highest BCUT2D eigenvalue weighted by atomic mass is 35.5. The van der Waals surface area contributed by atoms with Gasteiger partial charge in [0.25, 0.3) is 0 Å². The van der Waals surface area contributed by atoms with Crippen LogP contribution in [0.1, 0.15) is 32.1 Å². The molecule has 0 saturated carbocycles. The molecular formula is C20H28Cl2N4O2S. The number of rotatable bonds is 4. The van der Waals surface area contributed by atoms with Crippen LogP contribution in [0.25, 0.3) is 10.2 Å². The van der Waals surface area contributed by atoms with Gasteiger partial charge in [0.2, 0.25) is 5.91 Å². The van der Waals surface area contributed by atoms with Crippen molar-refractivity contribution in [3.63, 3.8) is 0 Å². The van der Waals surface area contributed by atoms with Gasteiger partial charge in [-0.3, -0.25) is 4.79 Å². The highest BCUT2D eigenvalue weighted by Crippen LogP contribution is 2.34. The number of benzene rings is 1. The summed E-state index contributed by atoms with van der Waals surface area (Å²) in [5.74, 6) is 0.655. The van der Waals surface area contributed by atoms with Gasteiger partial charge in [-0.1, -0.05) is 11.3 Å². The first kappa shape index (κ1) is 22.6. The normalized spacial score (nSPS) is 25.9. The van der Waals surface area contributed by atoms with Gasteiger partial charge in [-0.25, -0.2) is 4.98 Å². The number of fused-ring (bicyclic) bond motifs is 3. The summed E-state index contributed by atoms with van der Waals surface area (Å²) in [6, 6.07) is 7.30. The Morgan fingerprint density at radius 2 is 1.93 bits per heavy atom. The molecule has 2 atom stereocenters. The van der Waals surface area contributed by atoms with Crippen LogP contribution in [0.2, 0.25) is 0 Å². The first-order chi connectivity index (χ1) is 13.2. The number of carbonyl (C=O) groups excluding carboxylic acids is 1. The van der Waals surface area contributed by atoms with Crippen molar-refractivity contribution in [3.05, 3.63) is 18.2 Å². The SMILES string of the molecule is Cl.Cl.O=C(CC1CC2CCC(C1)N2)Nc1ccc2nc(N3CCOCC3)sc2c1. The molecular weight excluding hydrogens is 431 g/mol. The number of aromatic nitrogens is 1. The topological polar surface area (TPSA) is 66.5 Å². The monoisotopic (exact) mass is 458 g/mol. The van der Waals surface area contributed by atoms with Gasteiger partial charge in [-0.05, 0) is 49.8 Å². The Morgan fingerprint density at radius 3 is 2.66 bits per heavy atom. The van der Waals surface area contributed by atoms with Crippen molar-refractivity contribution in [1.29, 1.82) is 0 Å². The van der Waals surface area contributed by atoms with Crippen LogP contribution in [0.3, 0.4) is 0 Å². The number of hydrogen-bond donors (Lipinski definition) is 2. The quantitative estimate of drug-likeness (QED) is 0.728. The van der Waals surface area contributed by atoms with Crippen molar-refractivity contribution >= 4 is 63.1 Å². The number of carbonyl (C=O) groups is 1. The van der Waals surface area contributed by atoms with Crippen LogP contribution >= 0.6 is 36.2 Å². The molecule has 4 heterocycles. The van der Waals surface area contributed by atoms with Crippen molar-refractivity contribution < 1.29 is 9.53 Å². The number of nitrogens with zero attached hydrogens (tertiary/aromatic N) is 2. The Kier molecular flexibility index (Phi) is 7.62. The maximum absolute atomic E-state index is 12.5. The van der Waals surface area contributed by atoms with E-state index >= 15 is 0 Å². The summed E-state index contributed by atoms with van der Waals surface area (Å²) in [5.41, 5.74) is 1.87. The maximum Gasteiger partial charge on any atom is 0.224 e. The van der Waals surface area contributed by atoms with Crippen molar-refractivity contribution in [2.24, 2.45) is 5.92 Å². The van der Waals surface area contributed by atoms with Crippen LogP contribution in [0.4, 0.5) is 10.8 Å². The Hall–Kier alpha value is -1.12. The second-order valence-electron chi connectivity index (χ2n) is 8.01. The van der Waals surface area contributed by atoms with E-state index in [4.69, 9.17) is 9.72 Å². The number of thiazole rings is 1. The molecule has 0 spiro atoms. The van der Waals surface area contributed by atoms with Crippen LogP contribution in [0.15, 0.2) is 18.2 Å². The van der Waals surface area contributed by atoms with Crippen LogP contribution < -0.4 is 15.5 Å². The molecule has 2 N–H and O–H groups in total. The molecule has 1 aromatic carbocycles. The molecule has 2 aromatic rings. The molecule has 2 unspecified atom stereocenters. The zero-order valence-corrected chi connectivity index (χ0v) is 18.7. The third kappa shape index (κ3) is 5.14. The van der Waals surface area contributed by atoms with E-state index in [1.807, 2.05) is 12.1 Å². The van der Waals surface area contributed by atoms with Crippen LogP contribution in [0, 0.1) is 5.92 Å². The Bertz CT molecular complexity index is 831. The van der Waals surface area contributed by atoms with Crippen LogP contribution in [-0.4, -0.2) is 49.3 Å². The lowest BCUT2D eigenvalue weighted by Gasteiger charge is -2.28. The zero-order valence-electron chi connectivity index (χ0n) is 16.3. The van der Waals surface area contributed by atoms with Crippen molar-refractivity contribution in [2.45, 2.75) is 44.2 Å². The molecule has 1 amide bonds. The lowest BCUT2D eigenvalue weighted by molar-refractivity contribution is -0.117. The summed E-state index contributed by atoms with van der Waals surface area (Å²) in [6.07, 6.45) is 5.46. The Balaban J connectivity index is 0.00000120. The first-order valence-electron chi connectivity index (χ1n) is 10.0. The fourth-order valence-electron chi connectivity index (χ4n) is 4.70. The first-order valence-corrected chi connectivity index (χ1v) is 10.8. The molecule has 5 rings (SSSR count). The van der Waals surface area contributed by atoms with Crippen molar-refractivity contribution in [3.8, 4) is 0 Å². The molecule has 3 aliphatic rings. The van der Waals surface area contributed by atoms with Crippen LogP contribution in [0.5, 0.6) is 0 Å². The minimum atomic E-state index is 0. The Labute approximate surface area is 187 Å². The van der Waals surface area contributed by atoms with E-state index in [1.54, 1.807) is 11.3 Å². The molecule has 3 saturated heterocycles. The molecule has 29 heavy (non-hydrogen) atoms. The number of amides is 1. The number of morpholine rings is 1. The molecule has 3 fully saturated rings. The number of ether oxygens (including phenoxy) is 1. The van der Waals surface area contributed by atoms with E-state index in [-0.39, 0.29) is 30.7 Å². The summed E-state index contributed by atoms with van der Waals surface area (Å²) in [4.78, 5) is 19.6. The highest BCUT2D eigenvalue weighted by molar-refractivity contribution is 7.22. The van der Waals surface area contributed by atoms with Gasteiger partial charge in [-0.15, -0.1) is 24.8 Å². The van der Waals surface area contributed by atoms with Gasteiger partial charge in [0, 0.05) is 37.3 Å². The summed E-state index contributed by atoms with van der Waals surface area (Å²) < 4.78 is 6.54. The van der Waals surface area contributed by atoms with Gasteiger partial charge in [0.1, 0.15) is 0 Å². The number of halogens is 2. The average molecular weight is 459 g/mol. The minimum Gasteiger partial charge on any atom is -0.378 e.